The molecule has 1 aromatic rings. The number of hydrogen-bond donors (Lipinski definition) is 1. The SMILES string of the molecule is OCC[C@H]1CCCN(Cc2ccccc2)C1. The van der Waals surface area contributed by atoms with E-state index in [-0.39, 0.29) is 0 Å². The average Bonchev–Trinajstić information content (AvgIpc) is 2.31. The van der Waals surface area contributed by atoms with Crippen molar-refractivity contribution < 1.29 is 5.11 Å². The molecule has 0 bridgehead atoms. The fourth-order valence-corrected chi connectivity index (χ4v) is 2.55. The van der Waals surface area contributed by atoms with Gasteiger partial charge in [-0.15, -0.1) is 0 Å². The van der Waals surface area contributed by atoms with Crippen LogP contribution in [0.1, 0.15) is 24.8 Å². The molecule has 1 aliphatic rings. The molecule has 0 spiro atoms. The summed E-state index contributed by atoms with van der Waals surface area (Å²) < 4.78 is 0. The van der Waals surface area contributed by atoms with Gasteiger partial charge in [-0.2, -0.15) is 0 Å². The highest BCUT2D eigenvalue weighted by atomic mass is 16.3. The lowest BCUT2D eigenvalue weighted by Gasteiger charge is -2.32. The van der Waals surface area contributed by atoms with Gasteiger partial charge in [0, 0.05) is 19.7 Å². The van der Waals surface area contributed by atoms with Gasteiger partial charge in [-0.05, 0) is 37.3 Å². The Morgan fingerprint density at radius 2 is 2.06 bits per heavy atom. The largest absolute Gasteiger partial charge is 0.396 e. The molecule has 1 atom stereocenters. The molecule has 16 heavy (non-hydrogen) atoms. The van der Waals surface area contributed by atoms with E-state index in [4.69, 9.17) is 5.11 Å². The number of aliphatic hydroxyl groups excluding tert-OH is 1. The Hall–Kier alpha value is -0.860. The highest BCUT2D eigenvalue weighted by molar-refractivity contribution is 5.14. The van der Waals surface area contributed by atoms with Crippen LogP contribution in [0, 0.1) is 5.92 Å². The molecule has 1 N–H and O–H groups in total. The minimum atomic E-state index is 0.337. The Balaban J connectivity index is 1.85. The summed E-state index contributed by atoms with van der Waals surface area (Å²) in [4.78, 5) is 2.51. The molecule has 0 amide bonds. The van der Waals surface area contributed by atoms with Crippen molar-refractivity contribution in [2.24, 2.45) is 5.92 Å². The van der Waals surface area contributed by atoms with Crippen LogP contribution < -0.4 is 0 Å². The Kier molecular flexibility index (Phi) is 4.37. The summed E-state index contributed by atoms with van der Waals surface area (Å²) in [5.41, 5.74) is 1.40. The summed E-state index contributed by atoms with van der Waals surface area (Å²) in [6.45, 7) is 3.75. The summed E-state index contributed by atoms with van der Waals surface area (Å²) in [7, 11) is 0. The maximum Gasteiger partial charge on any atom is 0.0434 e. The summed E-state index contributed by atoms with van der Waals surface area (Å²) in [6.07, 6.45) is 3.52. The molecule has 0 aliphatic carbocycles. The van der Waals surface area contributed by atoms with Crippen molar-refractivity contribution in [2.45, 2.75) is 25.8 Å². The monoisotopic (exact) mass is 219 g/mol. The number of benzene rings is 1. The second-order valence-electron chi connectivity index (χ2n) is 4.74. The normalized spacial score (nSPS) is 22.2. The van der Waals surface area contributed by atoms with Crippen molar-refractivity contribution in [2.75, 3.05) is 19.7 Å². The van der Waals surface area contributed by atoms with Crippen molar-refractivity contribution in [3.8, 4) is 0 Å². The second kappa shape index (κ2) is 6.02. The zero-order valence-electron chi connectivity index (χ0n) is 9.81. The Bertz CT molecular complexity index is 297. The van der Waals surface area contributed by atoms with Crippen LogP contribution in [0.3, 0.4) is 0 Å². The summed E-state index contributed by atoms with van der Waals surface area (Å²) in [5.74, 6) is 0.697. The third kappa shape index (κ3) is 3.32. The number of likely N-dealkylation sites (tertiary alicyclic amines) is 1. The van der Waals surface area contributed by atoms with Gasteiger partial charge in [-0.25, -0.2) is 0 Å². The van der Waals surface area contributed by atoms with Crippen LogP contribution in [0.4, 0.5) is 0 Å². The first-order chi connectivity index (χ1) is 7.88. The van der Waals surface area contributed by atoms with Crippen LogP contribution in [-0.4, -0.2) is 29.7 Å². The van der Waals surface area contributed by atoms with Gasteiger partial charge in [0.2, 0.25) is 0 Å². The minimum Gasteiger partial charge on any atom is -0.396 e. The van der Waals surface area contributed by atoms with Gasteiger partial charge in [-0.1, -0.05) is 30.3 Å². The summed E-state index contributed by atoms with van der Waals surface area (Å²) in [5, 5.41) is 8.98. The van der Waals surface area contributed by atoms with E-state index in [1.54, 1.807) is 0 Å². The standard InChI is InChI=1S/C14H21NO/c16-10-8-14-7-4-9-15(12-14)11-13-5-2-1-3-6-13/h1-3,5-6,14,16H,4,7-12H2/t14-/m1/s1. The number of hydrogen-bond acceptors (Lipinski definition) is 2. The van der Waals surface area contributed by atoms with Crippen molar-refractivity contribution in [1.29, 1.82) is 0 Å². The zero-order valence-corrected chi connectivity index (χ0v) is 9.81. The molecule has 2 heteroatoms. The number of rotatable bonds is 4. The third-order valence-electron chi connectivity index (χ3n) is 3.39. The average molecular weight is 219 g/mol. The van der Waals surface area contributed by atoms with E-state index in [1.165, 1.54) is 24.9 Å². The molecule has 1 fully saturated rings. The maximum absolute atomic E-state index is 8.98. The molecule has 2 rings (SSSR count). The third-order valence-corrected chi connectivity index (χ3v) is 3.39. The van der Waals surface area contributed by atoms with Gasteiger partial charge < -0.3 is 5.11 Å². The van der Waals surface area contributed by atoms with Gasteiger partial charge >= 0.3 is 0 Å². The first kappa shape index (κ1) is 11.6. The lowest BCUT2D eigenvalue weighted by Crippen LogP contribution is -2.35. The topological polar surface area (TPSA) is 23.5 Å². The summed E-state index contributed by atoms with van der Waals surface area (Å²) >= 11 is 0. The predicted octanol–water partition coefficient (Wildman–Crippen LogP) is 2.28. The van der Waals surface area contributed by atoms with E-state index >= 15 is 0 Å². The van der Waals surface area contributed by atoms with Crippen LogP contribution in [-0.2, 0) is 6.54 Å². The van der Waals surface area contributed by atoms with E-state index in [2.05, 4.69) is 35.2 Å². The first-order valence-electron chi connectivity index (χ1n) is 6.25. The van der Waals surface area contributed by atoms with Gasteiger partial charge in [0.05, 0.1) is 0 Å². The van der Waals surface area contributed by atoms with Crippen LogP contribution in [0.25, 0.3) is 0 Å². The molecule has 0 saturated carbocycles. The van der Waals surface area contributed by atoms with Crippen LogP contribution in [0.5, 0.6) is 0 Å². The fraction of sp³-hybridized carbons (Fsp3) is 0.571. The van der Waals surface area contributed by atoms with Crippen molar-refractivity contribution in [3.63, 3.8) is 0 Å². The molecule has 1 heterocycles. The molecule has 0 aromatic heterocycles. The highest BCUT2D eigenvalue weighted by Gasteiger charge is 2.19. The molecular formula is C14H21NO. The van der Waals surface area contributed by atoms with E-state index in [0.717, 1.165) is 19.5 Å². The van der Waals surface area contributed by atoms with Crippen molar-refractivity contribution >= 4 is 0 Å². The Labute approximate surface area is 97.9 Å². The van der Waals surface area contributed by atoms with Gasteiger partial charge in [0.25, 0.3) is 0 Å². The zero-order chi connectivity index (χ0) is 11.2. The molecule has 0 unspecified atom stereocenters. The quantitative estimate of drug-likeness (QED) is 0.840. The van der Waals surface area contributed by atoms with E-state index < -0.39 is 0 Å². The molecule has 1 saturated heterocycles. The maximum atomic E-state index is 8.98. The smallest absolute Gasteiger partial charge is 0.0434 e. The lowest BCUT2D eigenvalue weighted by molar-refractivity contribution is 0.142. The minimum absolute atomic E-state index is 0.337. The number of aliphatic hydroxyl groups is 1. The number of piperidine rings is 1. The first-order valence-corrected chi connectivity index (χ1v) is 6.25. The molecule has 2 nitrogen and oxygen atoms in total. The van der Waals surface area contributed by atoms with Crippen LogP contribution in [0.2, 0.25) is 0 Å². The predicted molar refractivity (Wildman–Crippen MR) is 66.1 cm³/mol. The van der Waals surface area contributed by atoms with Crippen molar-refractivity contribution in [3.05, 3.63) is 35.9 Å². The lowest BCUT2D eigenvalue weighted by atomic mass is 9.95. The molecule has 88 valence electrons. The molecule has 1 aromatic carbocycles. The van der Waals surface area contributed by atoms with Crippen molar-refractivity contribution in [1.82, 2.24) is 4.90 Å². The molecule has 1 aliphatic heterocycles. The highest BCUT2D eigenvalue weighted by Crippen LogP contribution is 2.20. The fourth-order valence-electron chi connectivity index (χ4n) is 2.55. The van der Waals surface area contributed by atoms with E-state index in [0.29, 0.717) is 12.5 Å². The van der Waals surface area contributed by atoms with Crippen LogP contribution in [0.15, 0.2) is 30.3 Å². The second-order valence-corrected chi connectivity index (χ2v) is 4.74. The van der Waals surface area contributed by atoms with Gasteiger partial charge in [0.1, 0.15) is 0 Å². The Morgan fingerprint density at radius 3 is 2.81 bits per heavy atom. The number of nitrogens with zero attached hydrogens (tertiary/aromatic N) is 1. The molecule has 0 radical (unpaired) electrons. The van der Waals surface area contributed by atoms with E-state index in [9.17, 15) is 0 Å². The van der Waals surface area contributed by atoms with E-state index in [1.807, 2.05) is 0 Å². The molecular weight excluding hydrogens is 198 g/mol. The Morgan fingerprint density at radius 1 is 1.25 bits per heavy atom. The summed E-state index contributed by atoms with van der Waals surface area (Å²) in [6, 6.07) is 10.6. The van der Waals surface area contributed by atoms with Gasteiger partial charge in [-0.3, -0.25) is 4.90 Å². The van der Waals surface area contributed by atoms with Gasteiger partial charge in [0.15, 0.2) is 0 Å². The van der Waals surface area contributed by atoms with Crippen LogP contribution >= 0.6 is 0 Å².